The van der Waals surface area contributed by atoms with Crippen LogP contribution in [0.1, 0.15) is 5.56 Å². The predicted octanol–water partition coefficient (Wildman–Crippen LogP) is 4.47. The molecule has 7 nitrogen and oxygen atoms in total. The van der Waals surface area contributed by atoms with Crippen LogP contribution in [0.25, 0.3) is 16.8 Å². The number of para-hydroxylation sites is 1. The molecule has 0 amide bonds. The fourth-order valence-electron chi connectivity index (χ4n) is 3.37. The van der Waals surface area contributed by atoms with Crippen LogP contribution in [-0.4, -0.2) is 18.1 Å². The van der Waals surface area contributed by atoms with Crippen molar-refractivity contribution in [1.82, 2.24) is 4.57 Å². The molecule has 164 valence electrons. The van der Waals surface area contributed by atoms with E-state index >= 15 is 0 Å². The van der Waals surface area contributed by atoms with Gasteiger partial charge in [0.1, 0.15) is 17.5 Å². The zero-order valence-corrected chi connectivity index (χ0v) is 18.9. The summed E-state index contributed by atoms with van der Waals surface area (Å²) in [6, 6.07) is 27.3. The van der Waals surface area contributed by atoms with Crippen LogP contribution in [0, 0.1) is 11.3 Å². The number of rotatable bonds is 5. The first-order chi connectivity index (χ1) is 15.9. The third kappa shape index (κ3) is 4.94. The van der Waals surface area contributed by atoms with Gasteiger partial charge in [-0.05, 0) is 54.2 Å². The predicted molar refractivity (Wildman–Crippen MR) is 134 cm³/mol. The molecule has 0 radical (unpaired) electrons. The first-order valence-electron chi connectivity index (χ1n) is 9.84. The quantitative estimate of drug-likeness (QED) is 0.369. The molecule has 0 saturated heterocycles. The Morgan fingerprint density at radius 3 is 2.09 bits per heavy atom. The lowest BCUT2D eigenvalue weighted by molar-refractivity contribution is 0.598. The SMILES string of the molecule is N#Cc1c(-c2ccccc2)cn(-c2ccc(S(N)(=O)=O)cc2)c1NC(=S)Nc1ccccc1. The number of nitriles is 1. The summed E-state index contributed by atoms with van der Waals surface area (Å²) in [5.41, 5.74) is 3.39. The van der Waals surface area contributed by atoms with Gasteiger partial charge in [0.05, 0.1) is 4.90 Å². The Labute approximate surface area is 197 Å². The van der Waals surface area contributed by atoms with Gasteiger partial charge in [-0.2, -0.15) is 5.26 Å². The number of primary sulfonamides is 1. The third-order valence-electron chi connectivity index (χ3n) is 4.91. The van der Waals surface area contributed by atoms with Gasteiger partial charge in [-0.3, -0.25) is 0 Å². The van der Waals surface area contributed by atoms with Crippen LogP contribution in [0.4, 0.5) is 11.5 Å². The number of aromatic nitrogens is 1. The van der Waals surface area contributed by atoms with E-state index in [1.807, 2.05) is 66.9 Å². The third-order valence-corrected chi connectivity index (χ3v) is 6.04. The molecule has 0 unspecified atom stereocenters. The van der Waals surface area contributed by atoms with Crippen LogP contribution in [0.5, 0.6) is 0 Å². The average Bonchev–Trinajstić information content (AvgIpc) is 3.17. The zero-order valence-electron chi connectivity index (χ0n) is 17.3. The molecule has 0 aliphatic heterocycles. The van der Waals surface area contributed by atoms with Crippen molar-refractivity contribution < 1.29 is 8.42 Å². The average molecular weight is 474 g/mol. The number of nitrogens with zero attached hydrogens (tertiary/aromatic N) is 2. The van der Waals surface area contributed by atoms with Crippen molar-refractivity contribution in [2.45, 2.75) is 4.90 Å². The molecule has 0 bridgehead atoms. The second-order valence-electron chi connectivity index (χ2n) is 7.10. The number of thiocarbonyl (C=S) groups is 1. The highest BCUT2D eigenvalue weighted by atomic mass is 32.2. The van der Waals surface area contributed by atoms with Gasteiger partial charge < -0.3 is 15.2 Å². The molecule has 0 aliphatic rings. The Balaban J connectivity index is 1.80. The van der Waals surface area contributed by atoms with E-state index in [4.69, 9.17) is 17.4 Å². The molecule has 4 N–H and O–H groups in total. The van der Waals surface area contributed by atoms with Gasteiger partial charge in [0, 0.05) is 23.1 Å². The lowest BCUT2D eigenvalue weighted by Gasteiger charge is -2.14. The minimum atomic E-state index is -3.82. The van der Waals surface area contributed by atoms with Gasteiger partial charge in [-0.15, -0.1) is 0 Å². The van der Waals surface area contributed by atoms with Crippen molar-refractivity contribution in [3.8, 4) is 22.9 Å². The van der Waals surface area contributed by atoms with E-state index in [0.717, 1.165) is 11.3 Å². The first kappa shape index (κ1) is 22.2. The summed E-state index contributed by atoms with van der Waals surface area (Å²) in [6.07, 6.45) is 1.81. The highest BCUT2D eigenvalue weighted by molar-refractivity contribution is 7.89. The van der Waals surface area contributed by atoms with Gasteiger partial charge in [-0.1, -0.05) is 48.5 Å². The Morgan fingerprint density at radius 2 is 1.52 bits per heavy atom. The number of benzene rings is 3. The van der Waals surface area contributed by atoms with E-state index in [1.165, 1.54) is 12.1 Å². The number of nitrogens with two attached hydrogens (primary N) is 1. The number of hydrogen-bond donors (Lipinski definition) is 3. The van der Waals surface area contributed by atoms with Crippen LogP contribution in [0.3, 0.4) is 0 Å². The smallest absolute Gasteiger partial charge is 0.238 e. The van der Waals surface area contributed by atoms with E-state index < -0.39 is 10.0 Å². The molecule has 33 heavy (non-hydrogen) atoms. The Morgan fingerprint density at radius 1 is 0.909 bits per heavy atom. The Kier molecular flexibility index (Phi) is 6.24. The molecular weight excluding hydrogens is 454 g/mol. The van der Waals surface area contributed by atoms with Crippen LogP contribution in [0.15, 0.2) is 96.0 Å². The van der Waals surface area contributed by atoms with E-state index in [-0.39, 0.29) is 4.90 Å². The topological polar surface area (TPSA) is 113 Å². The number of nitrogens with one attached hydrogen (secondary N) is 2. The highest BCUT2D eigenvalue weighted by Gasteiger charge is 2.20. The zero-order chi connectivity index (χ0) is 23.4. The molecule has 0 saturated carbocycles. The monoisotopic (exact) mass is 473 g/mol. The molecule has 1 aromatic heterocycles. The summed E-state index contributed by atoms with van der Waals surface area (Å²) in [5, 5.41) is 21.8. The summed E-state index contributed by atoms with van der Waals surface area (Å²) < 4.78 is 25.0. The van der Waals surface area contributed by atoms with Crippen molar-refractivity contribution >= 4 is 38.9 Å². The van der Waals surface area contributed by atoms with Crippen molar-refractivity contribution in [2.24, 2.45) is 5.14 Å². The molecule has 4 rings (SSSR count). The van der Waals surface area contributed by atoms with Crippen molar-refractivity contribution in [3.05, 3.63) is 96.7 Å². The largest absolute Gasteiger partial charge is 0.332 e. The van der Waals surface area contributed by atoms with Crippen molar-refractivity contribution in [1.29, 1.82) is 5.26 Å². The number of sulfonamides is 1. The Hall–Kier alpha value is -3.97. The highest BCUT2D eigenvalue weighted by Crippen LogP contribution is 2.33. The van der Waals surface area contributed by atoms with Crippen LogP contribution < -0.4 is 15.8 Å². The van der Waals surface area contributed by atoms with E-state index in [9.17, 15) is 13.7 Å². The summed E-state index contributed by atoms with van der Waals surface area (Å²) in [5.74, 6) is 0.452. The molecule has 0 fully saturated rings. The van der Waals surface area contributed by atoms with Gasteiger partial charge in [-0.25, -0.2) is 13.6 Å². The number of anilines is 2. The maximum absolute atomic E-state index is 11.6. The summed E-state index contributed by atoms with van der Waals surface area (Å²) in [7, 11) is -3.82. The van der Waals surface area contributed by atoms with Crippen LogP contribution in [0.2, 0.25) is 0 Å². The first-order valence-corrected chi connectivity index (χ1v) is 11.8. The fraction of sp³-hybridized carbons (Fsp3) is 0. The molecule has 9 heteroatoms. The maximum atomic E-state index is 11.6. The number of hydrogen-bond acceptors (Lipinski definition) is 4. The maximum Gasteiger partial charge on any atom is 0.238 e. The standard InChI is InChI=1S/C24H19N5O2S2/c25-15-21-22(17-7-3-1-4-8-17)16-29(19-11-13-20(14-12-19)33(26,30)31)23(21)28-24(32)27-18-9-5-2-6-10-18/h1-14,16H,(H2,26,30,31)(H2,27,28,32). The molecule has 3 aromatic carbocycles. The molecule has 0 atom stereocenters. The lowest BCUT2D eigenvalue weighted by atomic mass is 10.1. The van der Waals surface area contributed by atoms with E-state index in [2.05, 4.69) is 16.7 Å². The van der Waals surface area contributed by atoms with Crippen LogP contribution in [-0.2, 0) is 10.0 Å². The lowest BCUT2D eigenvalue weighted by Crippen LogP contribution is -2.21. The molecule has 0 spiro atoms. The van der Waals surface area contributed by atoms with Crippen molar-refractivity contribution in [2.75, 3.05) is 10.6 Å². The minimum absolute atomic E-state index is 0.00188. The molecule has 0 aliphatic carbocycles. The molecular formula is C24H19N5O2S2. The summed E-state index contributed by atoms with van der Waals surface area (Å²) >= 11 is 5.49. The summed E-state index contributed by atoms with van der Waals surface area (Å²) in [4.78, 5) is -0.00188. The molecule has 4 aromatic rings. The Bertz CT molecular complexity index is 1440. The van der Waals surface area contributed by atoms with Gasteiger partial charge in [0.25, 0.3) is 0 Å². The second-order valence-corrected chi connectivity index (χ2v) is 9.07. The van der Waals surface area contributed by atoms with Crippen LogP contribution >= 0.6 is 12.2 Å². The second kappa shape index (κ2) is 9.26. The minimum Gasteiger partial charge on any atom is -0.332 e. The van der Waals surface area contributed by atoms with Gasteiger partial charge in [0.2, 0.25) is 10.0 Å². The molecule has 1 heterocycles. The van der Waals surface area contributed by atoms with Gasteiger partial charge in [0.15, 0.2) is 5.11 Å². The fourth-order valence-corrected chi connectivity index (χ4v) is 4.10. The van der Waals surface area contributed by atoms with E-state index in [0.29, 0.717) is 27.7 Å². The summed E-state index contributed by atoms with van der Waals surface area (Å²) in [6.45, 7) is 0. The van der Waals surface area contributed by atoms with Crippen molar-refractivity contribution in [3.63, 3.8) is 0 Å². The van der Waals surface area contributed by atoms with E-state index in [1.54, 1.807) is 16.7 Å². The van der Waals surface area contributed by atoms with Gasteiger partial charge >= 0.3 is 0 Å². The normalized spacial score (nSPS) is 10.9.